The number of para-hydroxylation sites is 1. The number of hydrogen-bond acceptors (Lipinski definition) is 3. The smallest absolute Gasteiger partial charge is 0.335 e. The van der Waals surface area contributed by atoms with E-state index in [1.807, 2.05) is 49.4 Å². The van der Waals surface area contributed by atoms with E-state index in [0.29, 0.717) is 12.1 Å². The molecule has 1 aliphatic rings. The number of ether oxygens (including phenoxy) is 1. The minimum absolute atomic E-state index is 0.0354. The molecule has 170 valence electrons. The molecule has 0 bridgehead atoms. The second kappa shape index (κ2) is 9.21. The van der Waals surface area contributed by atoms with Crippen molar-refractivity contribution in [3.8, 4) is 5.75 Å². The minimum atomic E-state index is -0.892. The molecule has 0 radical (unpaired) electrons. The fraction of sp³-hybridized carbons (Fsp3) is 0.233. The number of benzene rings is 3. The van der Waals surface area contributed by atoms with Gasteiger partial charge in [0.05, 0.1) is 5.56 Å². The number of carboxylic acid groups (broad SMARTS) is 1. The van der Waals surface area contributed by atoms with Crippen molar-refractivity contribution in [3.05, 3.63) is 113 Å². The second-order valence-electron chi connectivity index (χ2n) is 8.99. The molecule has 0 saturated carbocycles. The fourth-order valence-electron chi connectivity index (χ4n) is 4.94. The summed E-state index contributed by atoms with van der Waals surface area (Å²) >= 11 is 0. The van der Waals surface area contributed by atoms with Gasteiger partial charge in [-0.15, -0.1) is 0 Å². The average Bonchev–Trinajstić information content (AvgIpc) is 2.86. The first-order valence-electron chi connectivity index (χ1n) is 11.6. The highest BCUT2D eigenvalue weighted by atomic mass is 16.5. The predicted molar refractivity (Wildman–Crippen MR) is 133 cm³/mol. The molecule has 0 aliphatic carbocycles. The van der Waals surface area contributed by atoms with Gasteiger partial charge in [-0.3, -0.25) is 0 Å². The monoisotopic (exact) mass is 449 g/mol. The van der Waals surface area contributed by atoms with Gasteiger partial charge in [0.15, 0.2) is 0 Å². The number of carboxylic acids is 1. The van der Waals surface area contributed by atoms with Crippen molar-refractivity contribution in [2.75, 3.05) is 6.54 Å². The van der Waals surface area contributed by atoms with E-state index in [1.54, 1.807) is 0 Å². The highest BCUT2D eigenvalue weighted by Gasteiger charge is 2.30. The third kappa shape index (κ3) is 4.23. The standard InChI is InChI=1S/C30H27NO3/c1-19-14-15-22(16-27(19)30(32)33)28-17-23(34-29-13-6-5-11-26(28)29)18-31-20(2)24-12-7-9-21-8-3-4-10-25(21)24/h4-7,9-16,20,23,28,31H,17-18H2,1-2H3,(H,32,33)/t20-,23-,28+/m1/s1. The maximum atomic E-state index is 11.7. The molecule has 2 N–H and O–H groups in total. The Morgan fingerprint density at radius 3 is 2.85 bits per heavy atom. The Morgan fingerprint density at radius 2 is 2.00 bits per heavy atom. The number of fused-ring (bicyclic) bond motifs is 2. The summed E-state index contributed by atoms with van der Waals surface area (Å²) in [4.78, 5) is 11.7. The summed E-state index contributed by atoms with van der Waals surface area (Å²) < 4.78 is 6.37. The number of carbonyl (C=O) groups is 1. The van der Waals surface area contributed by atoms with E-state index < -0.39 is 5.97 Å². The van der Waals surface area contributed by atoms with E-state index in [0.717, 1.165) is 34.2 Å². The van der Waals surface area contributed by atoms with Crippen LogP contribution in [0.4, 0.5) is 0 Å². The highest BCUT2D eigenvalue weighted by molar-refractivity contribution is 5.89. The zero-order valence-electron chi connectivity index (χ0n) is 19.3. The van der Waals surface area contributed by atoms with E-state index in [1.165, 1.54) is 10.9 Å². The topological polar surface area (TPSA) is 58.6 Å². The van der Waals surface area contributed by atoms with Crippen LogP contribution in [0.2, 0.25) is 0 Å². The SMILES string of the molecule is Cc1ccc([C@@H]2C[C@H](CN[C@H](C)c3cccc4c#cccc34)Oc3ccccc32)cc1C(=O)O. The quantitative estimate of drug-likeness (QED) is 0.375. The molecule has 0 fully saturated rings. The number of aromatic carboxylic acids is 1. The van der Waals surface area contributed by atoms with Gasteiger partial charge in [0.25, 0.3) is 0 Å². The third-order valence-electron chi connectivity index (χ3n) is 6.78. The first kappa shape index (κ1) is 22.0. The number of aryl methyl sites for hydroxylation is 1. The van der Waals surface area contributed by atoms with Gasteiger partial charge in [0, 0.05) is 29.5 Å². The molecule has 0 saturated heterocycles. The van der Waals surface area contributed by atoms with Crippen LogP contribution in [0.25, 0.3) is 10.8 Å². The van der Waals surface area contributed by atoms with Crippen LogP contribution in [0.3, 0.4) is 0 Å². The van der Waals surface area contributed by atoms with Crippen LogP contribution in [-0.4, -0.2) is 23.7 Å². The molecule has 34 heavy (non-hydrogen) atoms. The number of hydrogen-bond donors (Lipinski definition) is 2. The molecule has 1 aliphatic heterocycles. The van der Waals surface area contributed by atoms with Crippen LogP contribution in [0.15, 0.2) is 72.8 Å². The number of rotatable bonds is 6. The Bertz CT molecular complexity index is 1340. The van der Waals surface area contributed by atoms with Crippen molar-refractivity contribution in [2.45, 2.75) is 38.3 Å². The molecule has 0 amide bonds. The van der Waals surface area contributed by atoms with E-state index in [9.17, 15) is 9.90 Å². The molecular weight excluding hydrogens is 422 g/mol. The summed E-state index contributed by atoms with van der Waals surface area (Å²) in [7, 11) is 0. The molecule has 5 rings (SSSR count). The first-order chi connectivity index (χ1) is 16.5. The van der Waals surface area contributed by atoms with Crippen LogP contribution in [0, 0.1) is 19.1 Å². The number of nitrogens with one attached hydrogen (secondary N) is 1. The Hall–Kier alpha value is -3.81. The Morgan fingerprint density at radius 1 is 1.15 bits per heavy atom. The van der Waals surface area contributed by atoms with Crippen LogP contribution < -0.4 is 10.1 Å². The van der Waals surface area contributed by atoms with E-state index in [4.69, 9.17) is 4.74 Å². The average molecular weight is 450 g/mol. The lowest BCUT2D eigenvalue weighted by Crippen LogP contribution is -2.37. The van der Waals surface area contributed by atoms with Gasteiger partial charge >= 0.3 is 5.97 Å². The molecule has 4 aromatic rings. The molecule has 4 aromatic carbocycles. The lowest BCUT2D eigenvalue weighted by Gasteiger charge is -2.33. The van der Waals surface area contributed by atoms with Crippen molar-refractivity contribution < 1.29 is 14.6 Å². The molecule has 0 aromatic heterocycles. The molecule has 3 atom stereocenters. The first-order valence-corrected chi connectivity index (χ1v) is 11.6. The maximum Gasteiger partial charge on any atom is 0.335 e. The molecule has 0 unspecified atom stereocenters. The van der Waals surface area contributed by atoms with Crippen molar-refractivity contribution in [2.24, 2.45) is 0 Å². The van der Waals surface area contributed by atoms with Crippen LogP contribution in [-0.2, 0) is 0 Å². The van der Waals surface area contributed by atoms with E-state index >= 15 is 0 Å². The fourth-order valence-corrected chi connectivity index (χ4v) is 4.94. The zero-order valence-corrected chi connectivity index (χ0v) is 19.3. The lowest BCUT2D eigenvalue weighted by molar-refractivity contribution is 0.0696. The van der Waals surface area contributed by atoms with Crippen molar-refractivity contribution in [1.82, 2.24) is 5.32 Å². The van der Waals surface area contributed by atoms with Gasteiger partial charge in [-0.05, 0) is 72.7 Å². The minimum Gasteiger partial charge on any atom is -0.489 e. The Labute approximate surface area is 200 Å². The predicted octanol–water partition coefficient (Wildman–Crippen LogP) is 6.08. The van der Waals surface area contributed by atoms with Crippen molar-refractivity contribution >= 4 is 16.7 Å². The summed E-state index contributed by atoms with van der Waals surface area (Å²) in [6, 6.07) is 30.4. The van der Waals surface area contributed by atoms with Gasteiger partial charge in [-0.25, -0.2) is 4.79 Å². The van der Waals surface area contributed by atoms with Crippen LogP contribution >= 0.6 is 0 Å². The van der Waals surface area contributed by atoms with Crippen molar-refractivity contribution in [3.63, 3.8) is 0 Å². The third-order valence-corrected chi connectivity index (χ3v) is 6.78. The Balaban J connectivity index is 1.39. The molecule has 0 spiro atoms. The van der Waals surface area contributed by atoms with E-state index in [-0.39, 0.29) is 18.1 Å². The summed E-state index contributed by atoms with van der Waals surface area (Å²) in [6.07, 6.45) is 0.740. The molecule has 4 nitrogen and oxygen atoms in total. The summed E-state index contributed by atoms with van der Waals surface area (Å²) in [5, 5.41) is 15.5. The summed E-state index contributed by atoms with van der Waals surface area (Å²) in [5.41, 5.74) is 4.47. The molecule has 1 heterocycles. The van der Waals surface area contributed by atoms with Gasteiger partial charge in [-0.1, -0.05) is 54.6 Å². The van der Waals surface area contributed by atoms with Gasteiger partial charge in [0.1, 0.15) is 11.9 Å². The molecular formula is C30H27NO3. The van der Waals surface area contributed by atoms with Gasteiger partial charge in [-0.2, -0.15) is 0 Å². The van der Waals surface area contributed by atoms with Gasteiger partial charge < -0.3 is 15.2 Å². The van der Waals surface area contributed by atoms with Crippen LogP contribution in [0.1, 0.15) is 57.9 Å². The largest absolute Gasteiger partial charge is 0.489 e. The summed E-state index contributed by atoms with van der Waals surface area (Å²) in [6.45, 7) is 4.68. The van der Waals surface area contributed by atoms with Gasteiger partial charge in [0.2, 0.25) is 0 Å². The second-order valence-corrected chi connectivity index (χ2v) is 8.99. The maximum absolute atomic E-state index is 11.7. The Kier molecular flexibility index (Phi) is 5.96. The summed E-state index contributed by atoms with van der Waals surface area (Å²) in [5.74, 6) is 0.0519. The van der Waals surface area contributed by atoms with E-state index in [2.05, 4.69) is 54.7 Å². The lowest BCUT2D eigenvalue weighted by atomic mass is 9.83. The molecule has 4 heteroatoms. The van der Waals surface area contributed by atoms with Crippen molar-refractivity contribution in [1.29, 1.82) is 0 Å². The van der Waals surface area contributed by atoms with Crippen LogP contribution in [0.5, 0.6) is 5.75 Å². The highest BCUT2D eigenvalue weighted by Crippen LogP contribution is 2.40. The normalized spacial score (nSPS) is 17.9. The zero-order chi connectivity index (χ0) is 23.7.